The molecule has 1 amide bonds. The minimum absolute atomic E-state index is 0.0145. The van der Waals surface area contributed by atoms with Gasteiger partial charge < -0.3 is 14.5 Å². The Kier molecular flexibility index (Phi) is 8.32. The number of aromatic nitrogens is 1. The number of anilines is 1. The molecule has 4 rings (SSSR count). The van der Waals surface area contributed by atoms with E-state index in [2.05, 4.69) is 29.8 Å². The third-order valence-corrected chi connectivity index (χ3v) is 8.32. The first-order chi connectivity index (χ1) is 16.8. The van der Waals surface area contributed by atoms with Gasteiger partial charge in [0.2, 0.25) is 0 Å². The zero-order valence-corrected chi connectivity index (χ0v) is 22.3. The van der Waals surface area contributed by atoms with Crippen LogP contribution in [0.15, 0.2) is 9.70 Å². The molecular formula is C25H33N5O3S2. The van der Waals surface area contributed by atoms with Crippen molar-refractivity contribution in [2.45, 2.75) is 52.2 Å². The quantitative estimate of drug-likeness (QED) is 0.405. The summed E-state index contributed by atoms with van der Waals surface area (Å²) in [4.78, 5) is 33.4. The number of pyridine rings is 1. The first-order valence-corrected chi connectivity index (χ1v) is 13.6. The second-order valence-corrected chi connectivity index (χ2v) is 11.1. The number of ether oxygens (including phenoxy) is 1. The monoisotopic (exact) mass is 515 g/mol. The maximum absolute atomic E-state index is 13.4. The summed E-state index contributed by atoms with van der Waals surface area (Å²) < 4.78 is 7.99. The van der Waals surface area contributed by atoms with Gasteiger partial charge in [-0.05, 0) is 44.9 Å². The lowest BCUT2D eigenvalue weighted by molar-refractivity contribution is -0.123. The lowest BCUT2D eigenvalue weighted by Gasteiger charge is -2.36. The fourth-order valence-corrected chi connectivity index (χ4v) is 6.06. The predicted molar refractivity (Wildman–Crippen MR) is 144 cm³/mol. The van der Waals surface area contributed by atoms with Crippen molar-refractivity contribution in [3.8, 4) is 6.07 Å². The number of rotatable bonds is 7. The standard InChI is InChI=1S/C25H33N5O3S2/c1-4-5-8-29-22(28-11-9-27(3)10-12-28)19(17(2)20(15-26)23(29)31)14-21-24(32)30(25(34)35-21)16-18-7-6-13-33-18/h14,18H,4-13,16H2,1-3H3. The molecule has 4 heterocycles. The SMILES string of the molecule is CCCCn1c(N2CCN(C)CC2)c(C=C2SC(=S)N(CC3CCCO3)C2=O)c(C)c(C#N)c1=O. The van der Waals surface area contributed by atoms with Gasteiger partial charge in [-0.15, -0.1) is 0 Å². The fourth-order valence-electron chi connectivity index (χ4n) is 4.81. The number of carbonyl (C=O) groups excluding carboxylic acids is 1. The molecule has 1 atom stereocenters. The van der Waals surface area contributed by atoms with Crippen molar-refractivity contribution in [1.29, 1.82) is 5.26 Å². The van der Waals surface area contributed by atoms with Gasteiger partial charge in [-0.2, -0.15) is 5.26 Å². The highest BCUT2D eigenvalue weighted by Crippen LogP contribution is 2.36. The summed E-state index contributed by atoms with van der Waals surface area (Å²) in [7, 11) is 2.09. The number of carbonyl (C=O) groups is 1. The molecular weight excluding hydrogens is 482 g/mol. The maximum Gasteiger partial charge on any atom is 0.270 e. The molecule has 0 aliphatic carbocycles. The molecule has 1 aromatic heterocycles. The molecule has 188 valence electrons. The number of hydrogen-bond acceptors (Lipinski definition) is 8. The molecule has 0 radical (unpaired) electrons. The molecule has 3 saturated heterocycles. The summed E-state index contributed by atoms with van der Waals surface area (Å²) in [6.07, 6.45) is 5.55. The van der Waals surface area contributed by atoms with Crippen LogP contribution in [0, 0.1) is 18.3 Å². The van der Waals surface area contributed by atoms with Crippen molar-refractivity contribution < 1.29 is 9.53 Å². The summed E-state index contributed by atoms with van der Waals surface area (Å²) in [6, 6.07) is 2.13. The highest BCUT2D eigenvalue weighted by molar-refractivity contribution is 8.26. The van der Waals surface area contributed by atoms with Crippen molar-refractivity contribution >= 4 is 46.1 Å². The molecule has 0 saturated carbocycles. The van der Waals surface area contributed by atoms with Crippen LogP contribution in [0.25, 0.3) is 6.08 Å². The van der Waals surface area contributed by atoms with E-state index in [0.717, 1.165) is 69.9 Å². The number of piperazine rings is 1. The van der Waals surface area contributed by atoms with Crippen molar-refractivity contribution in [2.24, 2.45) is 0 Å². The average molecular weight is 516 g/mol. The third kappa shape index (κ3) is 5.33. The van der Waals surface area contributed by atoms with Gasteiger partial charge in [0.15, 0.2) is 0 Å². The van der Waals surface area contributed by atoms with Crippen LogP contribution in [0.1, 0.15) is 49.3 Å². The van der Waals surface area contributed by atoms with E-state index in [-0.39, 0.29) is 23.1 Å². The summed E-state index contributed by atoms with van der Waals surface area (Å²) in [5.41, 5.74) is 1.26. The van der Waals surface area contributed by atoms with E-state index in [1.54, 1.807) is 9.47 Å². The van der Waals surface area contributed by atoms with Crippen LogP contribution in [0.4, 0.5) is 5.82 Å². The lowest BCUT2D eigenvalue weighted by atomic mass is 10.0. The average Bonchev–Trinajstić information content (AvgIpc) is 3.45. The summed E-state index contributed by atoms with van der Waals surface area (Å²) in [5.74, 6) is 0.668. The van der Waals surface area contributed by atoms with E-state index >= 15 is 0 Å². The Morgan fingerprint density at radius 1 is 1.26 bits per heavy atom. The van der Waals surface area contributed by atoms with Gasteiger partial charge in [-0.25, -0.2) is 0 Å². The zero-order chi connectivity index (χ0) is 25.1. The van der Waals surface area contributed by atoms with Gasteiger partial charge in [-0.3, -0.25) is 19.1 Å². The second kappa shape index (κ2) is 11.2. The van der Waals surface area contributed by atoms with Gasteiger partial charge in [-0.1, -0.05) is 37.3 Å². The lowest BCUT2D eigenvalue weighted by Crippen LogP contribution is -2.47. The second-order valence-electron chi connectivity index (χ2n) is 9.38. The Balaban J connectivity index is 1.80. The topological polar surface area (TPSA) is 81.8 Å². The van der Waals surface area contributed by atoms with Crippen molar-refractivity contribution in [1.82, 2.24) is 14.4 Å². The number of nitriles is 1. The van der Waals surface area contributed by atoms with Gasteiger partial charge in [0.1, 0.15) is 21.8 Å². The van der Waals surface area contributed by atoms with E-state index < -0.39 is 0 Å². The van der Waals surface area contributed by atoms with E-state index in [4.69, 9.17) is 17.0 Å². The first kappa shape index (κ1) is 25.9. The van der Waals surface area contributed by atoms with Gasteiger partial charge in [0.05, 0.1) is 17.6 Å². The highest BCUT2D eigenvalue weighted by atomic mass is 32.2. The number of nitrogens with zero attached hydrogens (tertiary/aromatic N) is 5. The largest absolute Gasteiger partial charge is 0.376 e. The fraction of sp³-hybridized carbons (Fsp3) is 0.600. The molecule has 1 aromatic rings. The summed E-state index contributed by atoms with van der Waals surface area (Å²) in [6.45, 7) is 8.91. The highest BCUT2D eigenvalue weighted by Gasteiger charge is 2.35. The maximum atomic E-state index is 13.4. The summed E-state index contributed by atoms with van der Waals surface area (Å²) in [5, 5.41) is 9.85. The van der Waals surface area contributed by atoms with Crippen LogP contribution in [0.3, 0.4) is 0 Å². The van der Waals surface area contributed by atoms with Crippen LogP contribution < -0.4 is 10.5 Å². The van der Waals surface area contributed by atoms with Crippen LogP contribution >= 0.6 is 24.0 Å². The third-order valence-electron chi connectivity index (χ3n) is 6.94. The number of hydrogen-bond donors (Lipinski definition) is 0. The number of thioether (sulfide) groups is 1. The number of likely N-dealkylation sites (N-methyl/N-ethyl adjacent to an activating group) is 1. The first-order valence-electron chi connectivity index (χ1n) is 12.3. The Morgan fingerprint density at radius 2 is 2.00 bits per heavy atom. The number of thiocarbonyl (C=S) groups is 1. The van der Waals surface area contributed by atoms with E-state index in [1.165, 1.54) is 11.8 Å². The molecule has 10 heteroatoms. The normalized spacial score (nSPS) is 22.5. The number of amides is 1. The number of unbranched alkanes of at least 4 members (excludes halogenated alkanes) is 1. The smallest absolute Gasteiger partial charge is 0.270 e. The summed E-state index contributed by atoms with van der Waals surface area (Å²) >= 11 is 6.83. The molecule has 1 unspecified atom stereocenters. The molecule has 0 N–H and O–H groups in total. The van der Waals surface area contributed by atoms with E-state index in [0.29, 0.717) is 27.9 Å². The molecule has 0 spiro atoms. The Hall–Kier alpha value is -2.19. The van der Waals surface area contributed by atoms with Gasteiger partial charge in [0.25, 0.3) is 11.5 Å². The molecule has 35 heavy (non-hydrogen) atoms. The molecule has 0 aromatic carbocycles. The van der Waals surface area contributed by atoms with Crippen molar-refractivity contribution in [3.05, 3.63) is 31.9 Å². The molecule has 0 bridgehead atoms. The van der Waals surface area contributed by atoms with Crippen molar-refractivity contribution in [3.63, 3.8) is 0 Å². The van der Waals surface area contributed by atoms with Crippen LogP contribution in [0.2, 0.25) is 0 Å². The van der Waals surface area contributed by atoms with Gasteiger partial charge in [0, 0.05) is 44.9 Å². The minimum Gasteiger partial charge on any atom is -0.376 e. The molecule has 3 aliphatic heterocycles. The minimum atomic E-state index is -0.254. The van der Waals surface area contributed by atoms with Crippen LogP contribution in [-0.4, -0.2) is 77.1 Å². The Bertz CT molecular complexity index is 1130. The molecule has 3 aliphatic rings. The van der Waals surface area contributed by atoms with E-state index in [1.807, 2.05) is 13.0 Å². The molecule has 3 fully saturated rings. The van der Waals surface area contributed by atoms with E-state index in [9.17, 15) is 14.9 Å². The van der Waals surface area contributed by atoms with Crippen LogP contribution in [0.5, 0.6) is 0 Å². The Labute approximate surface area is 216 Å². The molecule has 8 nitrogen and oxygen atoms in total. The Morgan fingerprint density at radius 3 is 2.63 bits per heavy atom. The predicted octanol–water partition coefficient (Wildman–Crippen LogP) is 2.96. The van der Waals surface area contributed by atoms with Crippen LogP contribution in [-0.2, 0) is 16.1 Å². The van der Waals surface area contributed by atoms with Crippen molar-refractivity contribution in [2.75, 3.05) is 51.3 Å². The van der Waals surface area contributed by atoms with Gasteiger partial charge >= 0.3 is 0 Å². The zero-order valence-electron chi connectivity index (χ0n) is 20.7.